The topological polar surface area (TPSA) is 76.4 Å². The summed E-state index contributed by atoms with van der Waals surface area (Å²) in [7, 11) is 1.50. The second-order valence-corrected chi connectivity index (χ2v) is 10.7. The lowest BCUT2D eigenvalue weighted by molar-refractivity contribution is -0.143. The minimum absolute atomic E-state index is 0.0218. The van der Waals surface area contributed by atoms with Crippen molar-refractivity contribution in [1.82, 2.24) is 20.2 Å². The Hall–Kier alpha value is -3.84. The van der Waals surface area contributed by atoms with Crippen LogP contribution in [0.2, 0.25) is 0 Å². The van der Waals surface area contributed by atoms with Crippen molar-refractivity contribution >= 4 is 17.7 Å². The van der Waals surface area contributed by atoms with E-state index in [-0.39, 0.29) is 30.2 Å². The van der Waals surface area contributed by atoms with Crippen molar-refractivity contribution in [2.45, 2.75) is 78.5 Å². The molecule has 14 heteroatoms. The van der Waals surface area contributed by atoms with Gasteiger partial charge in [-0.15, -0.1) is 5.10 Å². The van der Waals surface area contributed by atoms with Crippen LogP contribution in [0.15, 0.2) is 24.3 Å². The van der Waals surface area contributed by atoms with E-state index in [0.29, 0.717) is 42.8 Å². The van der Waals surface area contributed by atoms with E-state index in [4.69, 9.17) is 4.74 Å². The van der Waals surface area contributed by atoms with E-state index >= 15 is 0 Å². The lowest BCUT2D eigenvalue weighted by atomic mass is 9.91. The van der Waals surface area contributed by atoms with Crippen molar-refractivity contribution in [3.05, 3.63) is 63.2 Å². The van der Waals surface area contributed by atoms with Gasteiger partial charge in [0.05, 0.1) is 36.0 Å². The zero-order valence-electron chi connectivity index (χ0n) is 24.1. The molecule has 0 N–H and O–H groups in total. The predicted molar refractivity (Wildman–Crippen MR) is 143 cm³/mol. The molecule has 0 bridgehead atoms. The van der Waals surface area contributed by atoms with Crippen LogP contribution in [0, 0.1) is 20.8 Å². The van der Waals surface area contributed by atoms with Crippen LogP contribution in [0.3, 0.4) is 0 Å². The first-order valence-electron chi connectivity index (χ1n) is 13.3. The number of ether oxygens (including phenoxy) is 1. The summed E-state index contributed by atoms with van der Waals surface area (Å²) in [5.41, 5.74) is 0.838. The van der Waals surface area contributed by atoms with E-state index in [1.54, 1.807) is 23.6 Å². The van der Waals surface area contributed by atoms with E-state index in [9.17, 15) is 31.1 Å². The second-order valence-electron chi connectivity index (χ2n) is 10.7. The number of carbonyl (C=O) groups is 1. The van der Waals surface area contributed by atoms with Crippen molar-refractivity contribution < 1.29 is 35.9 Å². The molecular formula is C28H32F6N6O2. The van der Waals surface area contributed by atoms with E-state index < -0.39 is 35.6 Å². The van der Waals surface area contributed by atoms with Crippen LogP contribution in [-0.4, -0.2) is 38.9 Å². The normalized spacial score (nSPS) is 15.9. The summed E-state index contributed by atoms with van der Waals surface area (Å²) in [5.74, 6) is 0.0218. The largest absolute Gasteiger partial charge is 0.446 e. The maximum atomic E-state index is 13.7. The highest BCUT2D eigenvalue weighted by atomic mass is 19.4. The number of hydrogen-bond acceptors (Lipinski definition) is 6. The van der Waals surface area contributed by atoms with Crippen molar-refractivity contribution in [2.75, 3.05) is 16.3 Å². The van der Waals surface area contributed by atoms with Gasteiger partial charge in [-0.3, -0.25) is 4.90 Å². The molecule has 0 saturated carbocycles. The molecule has 4 rings (SSSR count). The monoisotopic (exact) mass is 598 g/mol. The standard InChI is InChI=1S/C28H32F6N6O2/c1-15(2)42-26(41)39-9-7-8-23(22-10-16(3)17(4)18(5)24(22)39)40(25-35-37-38(6)36-25)14-19-11-20(27(29,30)31)13-21(12-19)28(32,33)34/h10-13,15,23H,7-9,14H2,1-6H3. The third kappa shape index (κ3) is 6.46. The summed E-state index contributed by atoms with van der Waals surface area (Å²) < 4.78 is 87.6. The smallest absolute Gasteiger partial charge is 0.416 e. The van der Waals surface area contributed by atoms with Gasteiger partial charge < -0.3 is 9.64 Å². The summed E-state index contributed by atoms with van der Waals surface area (Å²) in [5, 5.41) is 12.2. The molecule has 1 aliphatic rings. The Morgan fingerprint density at radius 1 is 1.02 bits per heavy atom. The number of benzene rings is 2. The van der Waals surface area contributed by atoms with Gasteiger partial charge in [-0.25, -0.2) is 4.79 Å². The lowest BCUT2D eigenvalue weighted by Crippen LogP contribution is -2.35. The Morgan fingerprint density at radius 2 is 1.64 bits per heavy atom. The number of fused-ring (bicyclic) bond motifs is 1. The number of alkyl halides is 6. The van der Waals surface area contributed by atoms with Gasteiger partial charge in [0.15, 0.2) is 0 Å². The molecule has 1 amide bonds. The second kappa shape index (κ2) is 11.4. The number of tetrazole rings is 1. The Morgan fingerprint density at radius 3 is 2.17 bits per heavy atom. The zero-order chi connectivity index (χ0) is 31.1. The quantitative estimate of drug-likeness (QED) is 0.293. The van der Waals surface area contributed by atoms with Crippen LogP contribution in [0.25, 0.3) is 0 Å². The molecule has 0 saturated heterocycles. The Labute approximate surface area is 239 Å². The van der Waals surface area contributed by atoms with Crippen LogP contribution in [0.1, 0.15) is 71.7 Å². The molecule has 0 spiro atoms. The Bertz CT molecular complexity index is 1430. The molecule has 1 atom stereocenters. The fraction of sp³-hybridized carbons (Fsp3) is 0.500. The summed E-state index contributed by atoms with van der Waals surface area (Å²) >= 11 is 0. The van der Waals surface area contributed by atoms with Gasteiger partial charge in [-0.2, -0.15) is 31.1 Å². The van der Waals surface area contributed by atoms with Gasteiger partial charge in [0.25, 0.3) is 5.95 Å². The molecule has 3 aromatic rings. The third-order valence-electron chi connectivity index (χ3n) is 7.33. The van der Waals surface area contributed by atoms with Crippen LogP contribution in [0.5, 0.6) is 0 Å². The van der Waals surface area contributed by atoms with Crippen LogP contribution >= 0.6 is 0 Å². The summed E-state index contributed by atoms with van der Waals surface area (Å²) in [6.45, 7) is 9.06. The third-order valence-corrected chi connectivity index (χ3v) is 7.33. The number of anilines is 2. The van der Waals surface area contributed by atoms with Crippen LogP contribution in [-0.2, 0) is 30.7 Å². The summed E-state index contributed by atoms with van der Waals surface area (Å²) in [4.78, 5) is 17.5. The van der Waals surface area contributed by atoms with Crippen LogP contribution < -0.4 is 9.80 Å². The van der Waals surface area contributed by atoms with E-state index in [0.717, 1.165) is 21.5 Å². The molecule has 0 radical (unpaired) electrons. The van der Waals surface area contributed by atoms with E-state index in [2.05, 4.69) is 15.4 Å². The number of aromatic nitrogens is 4. The molecule has 0 fully saturated rings. The molecule has 228 valence electrons. The van der Waals surface area contributed by atoms with Gasteiger partial charge in [0, 0.05) is 13.1 Å². The average Bonchev–Trinajstić information content (AvgIpc) is 3.21. The SMILES string of the molecule is Cc1cc2c(c(C)c1C)N(C(=O)OC(C)C)CCCC2N(Cc1cc(C(F)(F)F)cc(C(F)(F)F)c1)c1nnn(C)n1. The molecule has 1 aliphatic heterocycles. The molecule has 42 heavy (non-hydrogen) atoms. The Balaban J connectivity index is 1.91. The highest BCUT2D eigenvalue weighted by Gasteiger charge is 2.39. The minimum atomic E-state index is -5.00. The highest BCUT2D eigenvalue weighted by molar-refractivity contribution is 5.91. The van der Waals surface area contributed by atoms with Crippen LogP contribution in [0.4, 0.5) is 42.8 Å². The first-order chi connectivity index (χ1) is 19.5. The summed E-state index contributed by atoms with van der Waals surface area (Å²) in [6.07, 6.45) is -10.1. The average molecular weight is 599 g/mol. The van der Waals surface area contributed by atoms with Gasteiger partial charge >= 0.3 is 18.4 Å². The molecule has 0 aliphatic carbocycles. The Kier molecular flexibility index (Phi) is 8.47. The van der Waals surface area contributed by atoms with Gasteiger partial charge in [0.1, 0.15) is 0 Å². The maximum Gasteiger partial charge on any atom is 0.416 e. The molecule has 2 heterocycles. The molecule has 2 aromatic carbocycles. The van der Waals surface area contributed by atoms with Crippen molar-refractivity contribution in [2.24, 2.45) is 7.05 Å². The fourth-order valence-corrected chi connectivity index (χ4v) is 5.21. The number of amides is 1. The molecule has 1 unspecified atom stereocenters. The van der Waals surface area contributed by atoms with Crippen molar-refractivity contribution in [3.8, 4) is 0 Å². The molecule has 1 aromatic heterocycles. The molecular weight excluding hydrogens is 566 g/mol. The van der Waals surface area contributed by atoms with E-state index in [1.807, 2.05) is 26.8 Å². The first kappa shape index (κ1) is 31.1. The number of halogens is 6. The van der Waals surface area contributed by atoms with Gasteiger partial charge in [-0.1, -0.05) is 11.2 Å². The van der Waals surface area contributed by atoms with Gasteiger partial charge in [-0.05, 0) is 98.7 Å². The number of hydrogen-bond donors (Lipinski definition) is 0. The predicted octanol–water partition coefficient (Wildman–Crippen LogP) is 7.07. The summed E-state index contributed by atoms with van der Waals surface area (Å²) in [6, 6.07) is 2.77. The fourth-order valence-electron chi connectivity index (χ4n) is 5.21. The van der Waals surface area contributed by atoms with Crippen molar-refractivity contribution in [3.63, 3.8) is 0 Å². The minimum Gasteiger partial charge on any atom is -0.446 e. The molecule has 8 nitrogen and oxygen atoms in total. The maximum absolute atomic E-state index is 13.7. The highest BCUT2D eigenvalue weighted by Crippen LogP contribution is 2.43. The first-order valence-corrected chi connectivity index (χ1v) is 13.3. The van der Waals surface area contributed by atoms with E-state index in [1.165, 1.54) is 7.05 Å². The number of rotatable bonds is 5. The zero-order valence-corrected chi connectivity index (χ0v) is 24.1. The number of carbonyl (C=O) groups excluding carboxylic acids is 1. The van der Waals surface area contributed by atoms with Gasteiger partial charge in [0.2, 0.25) is 0 Å². The lowest BCUT2D eigenvalue weighted by Gasteiger charge is -2.33. The number of aryl methyl sites for hydroxylation is 2. The number of nitrogens with zero attached hydrogens (tertiary/aromatic N) is 6. The van der Waals surface area contributed by atoms with Crippen molar-refractivity contribution in [1.29, 1.82) is 0 Å².